The molecule has 0 aliphatic rings. The second kappa shape index (κ2) is 6.24. The van der Waals surface area contributed by atoms with E-state index in [9.17, 15) is 4.79 Å². The maximum atomic E-state index is 11.9. The van der Waals surface area contributed by atoms with Gasteiger partial charge in [-0.25, -0.2) is 5.43 Å². The number of hydrazone groups is 1. The van der Waals surface area contributed by atoms with Crippen LogP contribution in [0.2, 0.25) is 0 Å². The number of hydrogen-bond acceptors (Lipinski definition) is 4. The summed E-state index contributed by atoms with van der Waals surface area (Å²) in [6.07, 6.45) is 3.94. The first-order chi connectivity index (χ1) is 9.20. The SMILES string of the molecule is CC/C(=N\NC(=O)c1ccncc1)c1ccc(C)s1. The number of hydrogen-bond donors (Lipinski definition) is 1. The number of nitrogens with zero attached hydrogens (tertiary/aromatic N) is 2. The van der Waals surface area contributed by atoms with Crippen molar-refractivity contribution >= 4 is 23.0 Å². The molecule has 4 nitrogen and oxygen atoms in total. The van der Waals surface area contributed by atoms with Crippen molar-refractivity contribution in [2.75, 3.05) is 0 Å². The zero-order valence-corrected chi connectivity index (χ0v) is 11.7. The molecule has 5 heteroatoms. The van der Waals surface area contributed by atoms with E-state index in [2.05, 4.69) is 28.5 Å². The van der Waals surface area contributed by atoms with Crippen LogP contribution in [0.15, 0.2) is 41.8 Å². The molecule has 0 unspecified atom stereocenters. The highest BCUT2D eigenvalue weighted by Crippen LogP contribution is 2.17. The Hall–Kier alpha value is -2.01. The lowest BCUT2D eigenvalue weighted by Crippen LogP contribution is -2.19. The number of carbonyl (C=O) groups is 1. The summed E-state index contributed by atoms with van der Waals surface area (Å²) in [5.41, 5.74) is 4.03. The van der Waals surface area contributed by atoms with E-state index in [-0.39, 0.29) is 5.91 Å². The Labute approximate surface area is 116 Å². The molecule has 0 saturated carbocycles. The van der Waals surface area contributed by atoms with E-state index >= 15 is 0 Å². The molecule has 0 aliphatic carbocycles. The van der Waals surface area contributed by atoms with E-state index in [1.165, 1.54) is 4.88 Å². The average Bonchev–Trinajstić information content (AvgIpc) is 2.87. The van der Waals surface area contributed by atoms with Crippen molar-refractivity contribution in [1.82, 2.24) is 10.4 Å². The third-order valence-electron chi connectivity index (χ3n) is 2.59. The minimum Gasteiger partial charge on any atom is -0.267 e. The Morgan fingerprint density at radius 3 is 2.63 bits per heavy atom. The number of pyridine rings is 1. The molecule has 1 N–H and O–H groups in total. The Morgan fingerprint density at radius 2 is 2.05 bits per heavy atom. The van der Waals surface area contributed by atoms with Crippen molar-refractivity contribution < 1.29 is 4.79 Å². The molecule has 0 bridgehead atoms. The quantitative estimate of drug-likeness (QED) is 0.687. The number of thiophene rings is 1. The van der Waals surface area contributed by atoms with Gasteiger partial charge in [-0.15, -0.1) is 11.3 Å². The normalized spacial score (nSPS) is 11.4. The second-order valence-electron chi connectivity index (χ2n) is 4.00. The van der Waals surface area contributed by atoms with E-state index in [1.807, 2.05) is 13.0 Å². The average molecular weight is 273 g/mol. The molecule has 0 spiro atoms. The summed E-state index contributed by atoms with van der Waals surface area (Å²) in [4.78, 5) is 18.1. The fraction of sp³-hybridized carbons (Fsp3) is 0.214. The molecule has 2 aromatic rings. The molecular weight excluding hydrogens is 258 g/mol. The summed E-state index contributed by atoms with van der Waals surface area (Å²) >= 11 is 1.68. The first-order valence-electron chi connectivity index (χ1n) is 6.04. The number of amides is 1. The summed E-state index contributed by atoms with van der Waals surface area (Å²) in [5.74, 6) is -0.221. The summed E-state index contributed by atoms with van der Waals surface area (Å²) in [5, 5.41) is 4.21. The lowest BCUT2D eigenvalue weighted by Gasteiger charge is -2.02. The molecule has 0 saturated heterocycles. The van der Waals surface area contributed by atoms with Gasteiger partial charge in [0.05, 0.1) is 10.6 Å². The van der Waals surface area contributed by atoms with Crippen LogP contribution in [0.3, 0.4) is 0 Å². The van der Waals surface area contributed by atoms with Crippen LogP contribution >= 0.6 is 11.3 Å². The van der Waals surface area contributed by atoms with Crippen LogP contribution in [0.4, 0.5) is 0 Å². The molecule has 2 aromatic heterocycles. The summed E-state index contributed by atoms with van der Waals surface area (Å²) in [6.45, 7) is 4.07. The van der Waals surface area contributed by atoms with Crippen molar-refractivity contribution in [2.24, 2.45) is 5.10 Å². The molecule has 2 rings (SSSR count). The summed E-state index contributed by atoms with van der Waals surface area (Å²) in [7, 11) is 0. The van der Waals surface area contributed by atoms with Gasteiger partial charge >= 0.3 is 0 Å². The van der Waals surface area contributed by atoms with Crippen LogP contribution in [-0.2, 0) is 0 Å². The van der Waals surface area contributed by atoms with Gasteiger partial charge in [-0.05, 0) is 37.6 Å². The van der Waals surface area contributed by atoms with Crippen molar-refractivity contribution in [1.29, 1.82) is 0 Å². The lowest BCUT2D eigenvalue weighted by molar-refractivity contribution is 0.0954. The molecular formula is C14H15N3OS. The molecule has 0 fully saturated rings. The predicted molar refractivity (Wildman–Crippen MR) is 77.6 cm³/mol. The number of nitrogens with one attached hydrogen (secondary N) is 1. The maximum Gasteiger partial charge on any atom is 0.271 e. The van der Waals surface area contributed by atoms with E-state index in [0.717, 1.165) is 17.0 Å². The van der Waals surface area contributed by atoms with Crippen LogP contribution in [0.5, 0.6) is 0 Å². The van der Waals surface area contributed by atoms with Gasteiger partial charge < -0.3 is 0 Å². The summed E-state index contributed by atoms with van der Waals surface area (Å²) in [6, 6.07) is 7.40. The van der Waals surface area contributed by atoms with Gasteiger partial charge in [-0.1, -0.05) is 6.92 Å². The Morgan fingerprint density at radius 1 is 1.32 bits per heavy atom. The predicted octanol–water partition coefficient (Wildman–Crippen LogP) is 3.00. The highest BCUT2D eigenvalue weighted by Gasteiger charge is 2.07. The van der Waals surface area contributed by atoms with Crippen molar-refractivity contribution in [3.05, 3.63) is 52.0 Å². The molecule has 1 amide bonds. The topological polar surface area (TPSA) is 54.4 Å². The first-order valence-corrected chi connectivity index (χ1v) is 6.86. The second-order valence-corrected chi connectivity index (χ2v) is 5.29. The van der Waals surface area contributed by atoms with E-state index in [1.54, 1.807) is 35.9 Å². The molecule has 0 aromatic carbocycles. The third kappa shape index (κ3) is 3.48. The molecule has 19 heavy (non-hydrogen) atoms. The molecule has 2 heterocycles. The minimum atomic E-state index is -0.221. The molecule has 0 radical (unpaired) electrons. The maximum absolute atomic E-state index is 11.9. The van der Waals surface area contributed by atoms with Gasteiger partial charge in [0.1, 0.15) is 0 Å². The van der Waals surface area contributed by atoms with Gasteiger partial charge in [-0.3, -0.25) is 9.78 Å². The minimum absolute atomic E-state index is 0.221. The zero-order valence-electron chi connectivity index (χ0n) is 10.9. The molecule has 0 aliphatic heterocycles. The molecule has 0 atom stereocenters. The van der Waals surface area contributed by atoms with Crippen LogP contribution < -0.4 is 5.43 Å². The van der Waals surface area contributed by atoms with Crippen LogP contribution in [-0.4, -0.2) is 16.6 Å². The van der Waals surface area contributed by atoms with Gasteiger partial charge in [0.2, 0.25) is 0 Å². The van der Waals surface area contributed by atoms with Gasteiger partial charge in [0.25, 0.3) is 5.91 Å². The van der Waals surface area contributed by atoms with Crippen molar-refractivity contribution in [2.45, 2.75) is 20.3 Å². The van der Waals surface area contributed by atoms with Gasteiger partial charge in [-0.2, -0.15) is 5.10 Å². The lowest BCUT2D eigenvalue weighted by atomic mass is 10.2. The highest BCUT2D eigenvalue weighted by atomic mass is 32.1. The highest BCUT2D eigenvalue weighted by molar-refractivity contribution is 7.14. The first kappa shape index (κ1) is 13.4. The molecule has 98 valence electrons. The van der Waals surface area contributed by atoms with Crippen LogP contribution in [0.25, 0.3) is 0 Å². The number of aryl methyl sites for hydroxylation is 1. The van der Waals surface area contributed by atoms with Gasteiger partial charge in [0.15, 0.2) is 0 Å². The Balaban J connectivity index is 2.10. The zero-order chi connectivity index (χ0) is 13.7. The fourth-order valence-electron chi connectivity index (χ4n) is 1.58. The van der Waals surface area contributed by atoms with Crippen molar-refractivity contribution in [3.8, 4) is 0 Å². The van der Waals surface area contributed by atoms with Crippen LogP contribution in [0.1, 0.15) is 33.5 Å². The largest absolute Gasteiger partial charge is 0.271 e. The third-order valence-corrected chi connectivity index (χ3v) is 3.64. The van der Waals surface area contributed by atoms with Crippen molar-refractivity contribution in [3.63, 3.8) is 0 Å². The summed E-state index contributed by atoms with van der Waals surface area (Å²) < 4.78 is 0. The monoisotopic (exact) mass is 273 g/mol. The van der Waals surface area contributed by atoms with E-state index < -0.39 is 0 Å². The standard InChI is InChI=1S/C14H15N3OS/c1-3-12(13-5-4-10(2)19-13)16-17-14(18)11-6-8-15-9-7-11/h4-9H,3H2,1-2H3,(H,17,18)/b16-12+. The Bertz CT molecular complexity index is 590. The fourth-order valence-corrected chi connectivity index (χ4v) is 2.51. The number of carbonyl (C=O) groups excluding carboxylic acids is 1. The van der Waals surface area contributed by atoms with Crippen LogP contribution in [0, 0.1) is 6.92 Å². The van der Waals surface area contributed by atoms with E-state index in [4.69, 9.17) is 0 Å². The van der Waals surface area contributed by atoms with Gasteiger partial charge in [0, 0.05) is 22.8 Å². The number of aromatic nitrogens is 1. The smallest absolute Gasteiger partial charge is 0.267 e. The number of rotatable bonds is 4. The Kier molecular flexibility index (Phi) is 4.41. The van der Waals surface area contributed by atoms with E-state index in [0.29, 0.717) is 5.56 Å².